The number of carbonyl (C=O) groups excluding carboxylic acids is 1. The average molecular weight is 925 g/mol. The Hall–Kier alpha value is -2.19. The maximum Gasteiger partial charge on any atom is 0.316 e. The van der Waals surface area contributed by atoms with Gasteiger partial charge in [0.1, 0.15) is 42.0 Å². The summed E-state index contributed by atoms with van der Waals surface area (Å²) >= 11 is 0. The van der Waals surface area contributed by atoms with Crippen molar-refractivity contribution in [1.82, 2.24) is 0 Å². The highest BCUT2D eigenvalue weighted by molar-refractivity contribution is 5.78. The highest BCUT2D eigenvalue weighted by atomic mass is 19.3. The van der Waals surface area contributed by atoms with E-state index in [1.54, 1.807) is 33.3 Å². The van der Waals surface area contributed by atoms with Gasteiger partial charge in [-0.15, -0.1) is 0 Å². The summed E-state index contributed by atoms with van der Waals surface area (Å²) in [7, 11) is 4.70. The van der Waals surface area contributed by atoms with Gasteiger partial charge in [-0.1, -0.05) is 64.5 Å². The molecule has 5 fully saturated rings. The Morgan fingerprint density at radius 2 is 1.58 bits per heavy atom. The van der Waals surface area contributed by atoms with Gasteiger partial charge >= 0.3 is 5.97 Å². The lowest BCUT2D eigenvalue weighted by Crippen LogP contribution is -2.61. The summed E-state index contributed by atoms with van der Waals surface area (Å²) in [4.78, 5) is 14.5. The predicted octanol–water partition coefficient (Wildman–Crippen LogP) is 6.50. The number of hydrogen-bond acceptors (Lipinski definition) is 14. The highest BCUT2D eigenvalue weighted by Gasteiger charge is 2.62. The number of alkyl halides is 2. The van der Waals surface area contributed by atoms with Crippen molar-refractivity contribution in [2.24, 2.45) is 23.7 Å². The largest absolute Gasteiger partial charge is 0.462 e. The lowest BCUT2D eigenvalue weighted by molar-refractivity contribution is -0.376. The summed E-state index contributed by atoms with van der Waals surface area (Å²) in [6.45, 7) is 14.9. The number of ether oxygens (including phenoxy) is 11. The summed E-state index contributed by atoms with van der Waals surface area (Å²) < 4.78 is 101. The molecule has 1 unspecified atom stereocenters. The second kappa shape index (κ2) is 20.4. The second-order valence-corrected chi connectivity index (χ2v) is 19.8. The third-order valence-electron chi connectivity index (χ3n) is 15.3. The summed E-state index contributed by atoms with van der Waals surface area (Å²) in [6.07, 6.45) is 1.31. The molecule has 2 N–H and O–H groups in total. The topological polar surface area (TPSA) is 159 Å². The molecule has 1 aliphatic carbocycles. The smallest absolute Gasteiger partial charge is 0.316 e. The molecule has 0 aromatic carbocycles. The average Bonchev–Trinajstić information content (AvgIpc) is 3.59. The lowest BCUT2D eigenvalue weighted by atomic mass is 9.70. The summed E-state index contributed by atoms with van der Waals surface area (Å²) in [5.74, 6) is -8.22. The van der Waals surface area contributed by atoms with Crippen molar-refractivity contribution in [2.75, 3.05) is 27.9 Å². The molecule has 65 heavy (non-hydrogen) atoms. The standard InChI is InChI=1S/C49H74F2O14/c1-12-25(2)42-29(6)48(50,51)24-47(65-42)22-34-19-33(64-47)17-16-27(4)41(62-39-21-37(56-10)44(31(8)60-39)63-38-20-36(55-9)40(52)30(7)59-38)26(3)14-13-15-32-23-58-45-43(57-11)28(5)18-35(46(53)61-34)49(32,45)54/h13-16,18,25-26,29-31,33-45,52,54H,12,17,19-24H2,1-11H3/b14-13+,27-16+,32-15+/t25?,26-,29+,30-,31-,33+,34-,35-,36-,37-,38-,39-,40-,41-,42+,43+,44-,45+,47-,49+/m0/s1. The van der Waals surface area contributed by atoms with Crippen LogP contribution < -0.4 is 0 Å². The number of methoxy groups -OCH3 is 3. The maximum absolute atomic E-state index is 16.2. The van der Waals surface area contributed by atoms with E-state index in [0.717, 1.165) is 5.57 Å². The Balaban J connectivity index is 1.21. The van der Waals surface area contributed by atoms with Crippen LogP contribution in [-0.4, -0.2) is 147 Å². The number of esters is 1. The quantitative estimate of drug-likeness (QED) is 0.191. The van der Waals surface area contributed by atoms with Crippen molar-refractivity contribution in [2.45, 2.75) is 203 Å². The number of allylic oxidation sites excluding steroid dienone is 2. The van der Waals surface area contributed by atoms with Crippen molar-refractivity contribution in [3.63, 3.8) is 0 Å². The minimum atomic E-state index is -3.12. The predicted molar refractivity (Wildman–Crippen MR) is 233 cm³/mol. The molecule has 14 nitrogen and oxygen atoms in total. The van der Waals surface area contributed by atoms with Crippen molar-refractivity contribution in [3.05, 3.63) is 47.1 Å². The molecule has 368 valence electrons. The molecule has 0 aromatic heterocycles. The van der Waals surface area contributed by atoms with E-state index < -0.39 is 127 Å². The van der Waals surface area contributed by atoms with Crippen LogP contribution in [0.2, 0.25) is 0 Å². The molecular formula is C49H74F2O14. The fourth-order valence-electron chi connectivity index (χ4n) is 11.3. The van der Waals surface area contributed by atoms with Crippen molar-refractivity contribution < 1.29 is 75.9 Å². The van der Waals surface area contributed by atoms with E-state index in [-0.39, 0.29) is 37.7 Å². The molecule has 2 bridgehead atoms. The molecule has 1 spiro atoms. The van der Waals surface area contributed by atoms with Crippen LogP contribution in [0, 0.1) is 23.7 Å². The van der Waals surface area contributed by atoms with E-state index in [2.05, 4.69) is 0 Å². The molecule has 20 atom stereocenters. The van der Waals surface area contributed by atoms with Crippen LogP contribution in [0.5, 0.6) is 0 Å². The van der Waals surface area contributed by atoms with Crippen molar-refractivity contribution in [3.8, 4) is 0 Å². The minimum Gasteiger partial charge on any atom is -0.462 e. The number of rotatable bonds is 9. The van der Waals surface area contributed by atoms with E-state index >= 15 is 8.78 Å². The van der Waals surface area contributed by atoms with Gasteiger partial charge in [0.05, 0.1) is 55.8 Å². The Labute approximate surface area is 383 Å². The molecule has 7 aliphatic rings. The van der Waals surface area contributed by atoms with E-state index in [1.165, 1.54) is 14.0 Å². The Morgan fingerprint density at radius 3 is 2.28 bits per heavy atom. The molecule has 7 rings (SSSR count). The van der Waals surface area contributed by atoms with Gasteiger partial charge in [0.2, 0.25) is 0 Å². The molecule has 0 radical (unpaired) electrons. The molecule has 5 saturated heterocycles. The Morgan fingerprint density at radius 1 is 0.892 bits per heavy atom. The third-order valence-corrected chi connectivity index (χ3v) is 15.3. The zero-order valence-corrected chi connectivity index (χ0v) is 40.0. The maximum atomic E-state index is 16.2. The fraction of sp³-hybridized carbons (Fsp3) is 0.816. The van der Waals surface area contributed by atoms with Gasteiger partial charge in [0.15, 0.2) is 18.4 Å². The number of hydrogen-bond donors (Lipinski definition) is 2. The van der Waals surface area contributed by atoms with Crippen LogP contribution in [0.25, 0.3) is 0 Å². The van der Waals surface area contributed by atoms with Crippen LogP contribution in [0.4, 0.5) is 8.78 Å². The number of fused-ring (bicyclic) bond motifs is 2. The summed E-state index contributed by atoms with van der Waals surface area (Å²) in [5, 5.41) is 23.2. The lowest BCUT2D eigenvalue weighted by Gasteiger charge is -2.53. The highest BCUT2D eigenvalue weighted by Crippen LogP contribution is 2.52. The van der Waals surface area contributed by atoms with Crippen LogP contribution >= 0.6 is 0 Å². The SMILES string of the molecule is CCC(C)[C@H]1O[C@@]2(C[C@@H]3C[C@@H](C/C=C(\C)[C@@H](O[C@H]4C[C@H](OC)[C@@H](O[C@H]5C[C@H](OC)[C@@H](O)[C@H](C)O5)[C@H](C)O4)[C@@H](C)/C=C/C=C4\CO[C@@H]5[C@H](OC)C(C)=C[C@@H](C(=O)O3)[C@]45O)O2)CC(F)(F)[C@@H]1C. The molecule has 6 heterocycles. The molecule has 6 aliphatic heterocycles. The van der Waals surface area contributed by atoms with Crippen LogP contribution in [0.15, 0.2) is 47.1 Å². The second-order valence-electron chi connectivity index (χ2n) is 19.8. The normalized spacial score (nSPS) is 48.5. The van der Waals surface area contributed by atoms with Gasteiger partial charge in [0.25, 0.3) is 5.92 Å². The molecule has 0 amide bonds. The van der Waals surface area contributed by atoms with Gasteiger partial charge in [-0.05, 0) is 56.8 Å². The van der Waals surface area contributed by atoms with Gasteiger partial charge < -0.3 is 62.3 Å². The van der Waals surface area contributed by atoms with Gasteiger partial charge in [-0.25, -0.2) is 8.78 Å². The first-order valence-corrected chi connectivity index (χ1v) is 23.7. The first-order chi connectivity index (χ1) is 30.8. The van der Waals surface area contributed by atoms with E-state index in [0.29, 0.717) is 30.4 Å². The number of carbonyl (C=O) groups is 1. The van der Waals surface area contributed by atoms with E-state index in [1.807, 2.05) is 59.8 Å². The molecule has 0 saturated carbocycles. The van der Waals surface area contributed by atoms with E-state index in [4.69, 9.17) is 52.1 Å². The zero-order valence-electron chi connectivity index (χ0n) is 40.0. The molecular weight excluding hydrogens is 851 g/mol. The van der Waals surface area contributed by atoms with Crippen molar-refractivity contribution >= 4 is 5.97 Å². The third kappa shape index (κ3) is 10.3. The van der Waals surface area contributed by atoms with Gasteiger partial charge in [-0.2, -0.15) is 0 Å². The Bertz CT molecular complexity index is 1790. The van der Waals surface area contributed by atoms with Crippen molar-refractivity contribution in [1.29, 1.82) is 0 Å². The zero-order chi connectivity index (χ0) is 47.2. The number of aliphatic hydroxyl groups excluding tert-OH is 1. The number of aliphatic hydroxyl groups is 2. The Kier molecular flexibility index (Phi) is 15.9. The first kappa shape index (κ1) is 50.7. The summed E-state index contributed by atoms with van der Waals surface area (Å²) in [6, 6.07) is 0. The van der Waals surface area contributed by atoms with Gasteiger partial charge in [-0.3, -0.25) is 4.79 Å². The molecule has 16 heteroatoms. The monoisotopic (exact) mass is 925 g/mol. The van der Waals surface area contributed by atoms with Crippen LogP contribution in [0.3, 0.4) is 0 Å². The minimum absolute atomic E-state index is 0.0387. The van der Waals surface area contributed by atoms with E-state index in [9.17, 15) is 15.0 Å². The first-order valence-electron chi connectivity index (χ1n) is 23.7. The van der Waals surface area contributed by atoms with Gasteiger partial charge in [0, 0.05) is 58.8 Å². The molecule has 0 aromatic rings. The fourth-order valence-corrected chi connectivity index (χ4v) is 11.3. The summed E-state index contributed by atoms with van der Waals surface area (Å²) in [5.41, 5.74) is 0.192. The number of halogens is 2. The van der Waals surface area contributed by atoms with Crippen LogP contribution in [-0.2, 0) is 56.9 Å². The van der Waals surface area contributed by atoms with Crippen LogP contribution in [0.1, 0.15) is 100 Å².